The summed E-state index contributed by atoms with van der Waals surface area (Å²) in [6.45, 7) is 16.8. The number of hydrogen-bond donors (Lipinski definition) is 0. The summed E-state index contributed by atoms with van der Waals surface area (Å²) >= 11 is 0. The van der Waals surface area contributed by atoms with Gasteiger partial charge >= 0.3 is 0 Å². The van der Waals surface area contributed by atoms with Crippen molar-refractivity contribution in [1.29, 1.82) is 0 Å². The van der Waals surface area contributed by atoms with Gasteiger partial charge in [0.2, 0.25) is 0 Å². The second-order valence-corrected chi connectivity index (χ2v) is 10.6. The number of ether oxygens (including phenoxy) is 1. The zero-order valence-corrected chi connectivity index (χ0v) is 23.4. The normalized spacial score (nSPS) is 13.3. The highest BCUT2D eigenvalue weighted by Gasteiger charge is 2.27. The SMILES string of the molecule is CCC/C=C/c1ccc2c(c1)c(CC(C)(C)CC)c(-c1cc(CCC)cnc1C(C)OC)n2CC. The number of fused-ring (bicyclic) bond motifs is 1. The van der Waals surface area contributed by atoms with Crippen LogP contribution in [0.5, 0.6) is 0 Å². The van der Waals surface area contributed by atoms with Crippen LogP contribution in [0.2, 0.25) is 0 Å². The first-order chi connectivity index (χ1) is 16.8. The highest BCUT2D eigenvalue weighted by Crippen LogP contribution is 2.41. The second kappa shape index (κ2) is 12.0. The lowest BCUT2D eigenvalue weighted by molar-refractivity contribution is 0.116. The number of allylic oxidation sites excluding steroid dienone is 1. The minimum atomic E-state index is -0.0661. The van der Waals surface area contributed by atoms with Crippen LogP contribution in [0.25, 0.3) is 28.2 Å². The Morgan fingerprint density at radius 1 is 1.09 bits per heavy atom. The number of aryl methyl sites for hydroxylation is 2. The summed E-state index contributed by atoms with van der Waals surface area (Å²) in [6, 6.07) is 9.37. The summed E-state index contributed by atoms with van der Waals surface area (Å²) in [5.74, 6) is 0. The first-order valence-electron chi connectivity index (χ1n) is 13.6. The molecular formula is C32H46N2O. The third-order valence-electron chi connectivity index (χ3n) is 7.39. The van der Waals surface area contributed by atoms with Crippen LogP contribution in [0, 0.1) is 5.41 Å². The van der Waals surface area contributed by atoms with Crippen LogP contribution in [-0.2, 0) is 24.1 Å². The van der Waals surface area contributed by atoms with E-state index in [2.05, 4.69) is 89.5 Å². The van der Waals surface area contributed by atoms with Crippen molar-refractivity contribution in [2.75, 3.05) is 7.11 Å². The molecule has 0 saturated carbocycles. The van der Waals surface area contributed by atoms with Gasteiger partial charge in [-0.25, -0.2) is 0 Å². The molecule has 1 aromatic carbocycles. The monoisotopic (exact) mass is 474 g/mol. The number of pyridine rings is 1. The Balaban J connectivity index is 2.38. The predicted octanol–water partition coefficient (Wildman–Crippen LogP) is 9.18. The number of methoxy groups -OCH3 is 1. The van der Waals surface area contributed by atoms with Crippen LogP contribution in [0.15, 0.2) is 36.5 Å². The van der Waals surface area contributed by atoms with E-state index in [0.29, 0.717) is 0 Å². The molecule has 0 N–H and O–H groups in total. The Bertz CT molecular complexity index is 1150. The summed E-state index contributed by atoms with van der Waals surface area (Å²) in [7, 11) is 1.78. The molecule has 3 rings (SSSR count). The average Bonchev–Trinajstić information content (AvgIpc) is 3.15. The van der Waals surface area contributed by atoms with Crippen molar-refractivity contribution in [3.63, 3.8) is 0 Å². The number of unbranched alkanes of at least 4 members (excludes halogenated alkanes) is 1. The van der Waals surface area contributed by atoms with Gasteiger partial charge in [-0.2, -0.15) is 0 Å². The van der Waals surface area contributed by atoms with Crippen LogP contribution >= 0.6 is 0 Å². The molecule has 0 aliphatic carbocycles. The maximum absolute atomic E-state index is 5.80. The van der Waals surface area contributed by atoms with E-state index in [1.54, 1.807) is 7.11 Å². The molecule has 0 aliphatic heterocycles. The fourth-order valence-electron chi connectivity index (χ4n) is 4.92. The van der Waals surface area contributed by atoms with Crippen LogP contribution in [0.1, 0.15) is 103 Å². The van der Waals surface area contributed by atoms with Gasteiger partial charge in [0.1, 0.15) is 0 Å². The van der Waals surface area contributed by atoms with Gasteiger partial charge in [0.05, 0.1) is 17.5 Å². The molecule has 0 fully saturated rings. The van der Waals surface area contributed by atoms with Gasteiger partial charge in [-0.15, -0.1) is 0 Å². The molecule has 1 unspecified atom stereocenters. The van der Waals surface area contributed by atoms with Crippen molar-refractivity contribution in [2.45, 2.75) is 99.6 Å². The zero-order valence-electron chi connectivity index (χ0n) is 23.4. The Labute approximate surface area is 213 Å². The number of benzene rings is 1. The number of hydrogen-bond acceptors (Lipinski definition) is 2. The summed E-state index contributed by atoms with van der Waals surface area (Å²) in [5, 5.41) is 1.37. The van der Waals surface area contributed by atoms with Crippen LogP contribution in [0.3, 0.4) is 0 Å². The summed E-state index contributed by atoms with van der Waals surface area (Å²) in [5.41, 5.74) is 9.13. The fraction of sp³-hybridized carbons (Fsp3) is 0.531. The molecule has 2 heterocycles. The molecule has 0 radical (unpaired) electrons. The lowest BCUT2D eigenvalue weighted by atomic mass is 9.81. The van der Waals surface area contributed by atoms with Gasteiger partial charge in [-0.3, -0.25) is 4.98 Å². The van der Waals surface area contributed by atoms with Gasteiger partial charge in [-0.05, 0) is 73.4 Å². The second-order valence-electron chi connectivity index (χ2n) is 10.6. The maximum atomic E-state index is 5.80. The lowest BCUT2D eigenvalue weighted by Crippen LogP contribution is -2.15. The summed E-state index contributed by atoms with van der Waals surface area (Å²) in [4.78, 5) is 4.97. The van der Waals surface area contributed by atoms with E-state index >= 15 is 0 Å². The Hall–Kier alpha value is -2.39. The van der Waals surface area contributed by atoms with Crippen LogP contribution in [-0.4, -0.2) is 16.7 Å². The molecule has 3 nitrogen and oxygen atoms in total. The van der Waals surface area contributed by atoms with E-state index in [0.717, 1.165) is 44.3 Å². The van der Waals surface area contributed by atoms with Gasteiger partial charge in [0, 0.05) is 36.3 Å². The largest absolute Gasteiger partial charge is 0.375 e. The number of nitrogens with zero attached hydrogens (tertiary/aromatic N) is 2. The zero-order chi connectivity index (χ0) is 25.6. The van der Waals surface area contributed by atoms with Gasteiger partial charge in [0.25, 0.3) is 0 Å². The molecule has 1 atom stereocenters. The molecule has 0 aliphatic rings. The predicted molar refractivity (Wildman–Crippen MR) is 152 cm³/mol. The van der Waals surface area contributed by atoms with E-state index in [4.69, 9.17) is 9.72 Å². The third kappa shape index (κ3) is 6.06. The van der Waals surface area contributed by atoms with Crippen LogP contribution < -0.4 is 0 Å². The molecule has 0 amide bonds. The van der Waals surface area contributed by atoms with Crippen molar-refractivity contribution < 1.29 is 4.74 Å². The van der Waals surface area contributed by atoms with Gasteiger partial charge in [0.15, 0.2) is 0 Å². The molecule has 3 aromatic rings. The van der Waals surface area contributed by atoms with Gasteiger partial charge in [-0.1, -0.05) is 72.1 Å². The highest BCUT2D eigenvalue weighted by molar-refractivity contribution is 5.94. The summed E-state index contributed by atoms with van der Waals surface area (Å²) in [6.07, 6.45) is 13.2. The molecule has 190 valence electrons. The lowest BCUT2D eigenvalue weighted by Gasteiger charge is -2.25. The topological polar surface area (TPSA) is 27.1 Å². The Morgan fingerprint density at radius 2 is 1.86 bits per heavy atom. The van der Waals surface area contributed by atoms with E-state index in [1.165, 1.54) is 45.3 Å². The Morgan fingerprint density at radius 3 is 2.49 bits per heavy atom. The third-order valence-corrected chi connectivity index (χ3v) is 7.39. The van der Waals surface area contributed by atoms with E-state index < -0.39 is 0 Å². The molecule has 0 spiro atoms. The Kier molecular flexibility index (Phi) is 9.35. The minimum Gasteiger partial charge on any atom is -0.375 e. The number of rotatable bonds is 12. The van der Waals surface area contributed by atoms with Gasteiger partial charge < -0.3 is 9.30 Å². The molecule has 3 heteroatoms. The van der Waals surface area contributed by atoms with E-state index in [9.17, 15) is 0 Å². The maximum Gasteiger partial charge on any atom is 0.0969 e. The van der Waals surface area contributed by atoms with Crippen molar-refractivity contribution in [3.8, 4) is 11.3 Å². The number of aromatic nitrogens is 2. The first kappa shape index (κ1) is 27.2. The van der Waals surface area contributed by atoms with Crippen molar-refractivity contribution in [3.05, 3.63) is 58.9 Å². The molecule has 0 saturated heterocycles. The first-order valence-corrected chi connectivity index (χ1v) is 13.6. The van der Waals surface area contributed by atoms with Crippen molar-refractivity contribution >= 4 is 17.0 Å². The standard InChI is InChI=1S/C32H46N2O/c1-9-13-14-16-24-17-18-29-26(19-24)28(21-32(6,7)11-3)31(34(29)12-4)27-20-25(15-10-2)22-33-30(27)23(5)35-8/h14,16-20,22-23H,9-13,15,21H2,1-8H3/b16-14+. The fourth-order valence-corrected chi connectivity index (χ4v) is 4.92. The van der Waals surface area contributed by atoms with E-state index in [1.807, 2.05) is 6.20 Å². The quantitative estimate of drug-likeness (QED) is 0.261. The minimum absolute atomic E-state index is 0.0661. The van der Waals surface area contributed by atoms with Crippen LogP contribution in [0.4, 0.5) is 0 Å². The van der Waals surface area contributed by atoms with Crippen molar-refractivity contribution in [2.24, 2.45) is 5.41 Å². The average molecular weight is 475 g/mol. The molecule has 2 aromatic heterocycles. The molecule has 35 heavy (non-hydrogen) atoms. The molecule has 0 bridgehead atoms. The van der Waals surface area contributed by atoms with Crippen molar-refractivity contribution in [1.82, 2.24) is 9.55 Å². The van der Waals surface area contributed by atoms with E-state index in [-0.39, 0.29) is 11.5 Å². The summed E-state index contributed by atoms with van der Waals surface area (Å²) < 4.78 is 8.31. The smallest absolute Gasteiger partial charge is 0.0969 e. The highest BCUT2D eigenvalue weighted by atomic mass is 16.5. The molecular weight excluding hydrogens is 428 g/mol.